The molecule has 0 aliphatic heterocycles. The average Bonchev–Trinajstić information content (AvgIpc) is 3.17. The minimum absolute atomic E-state index is 0.0242. The van der Waals surface area contributed by atoms with E-state index in [9.17, 15) is 10.1 Å². The maximum atomic E-state index is 10.8. The van der Waals surface area contributed by atoms with Crippen LogP contribution in [0.15, 0.2) is 59.0 Å². The molecule has 7 heteroatoms. The molecule has 0 aliphatic carbocycles. The number of hydrogen-bond donors (Lipinski definition) is 1. The molecular weight excluding hydrogens is 344 g/mol. The Bertz CT molecular complexity index is 891. The summed E-state index contributed by atoms with van der Waals surface area (Å²) in [5.74, 6) is 1.20. The van der Waals surface area contributed by atoms with Crippen LogP contribution in [0.3, 0.4) is 0 Å². The molecule has 27 heavy (non-hydrogen) atoms. The first-order valence-electron chi connectivity index (χ1n) is 8.85. The highest BCUT2D eigenvalue weighted by molar-refractivity contribution is 5.55. The molecule has 7 nitrogen and oxygen atoms in total. The standard InChI is InChI=1S/C20H22N4O3/c1-13(2)18(15-7-5-4-6-8-15)21-14(3)19-22-23-20(27-19)16-9-11-17(12-10-16)24(25)26/h4-14,18,21H,1-3H3/t14-,18-/m1/s1. The second kappa shape index (κ2) is 8.09. The maximum absolute atomic E-state index is 10.8. The highest BCUT2D eigenvalue weighted by atomic mass is 16.6. The molecule has 0 aliphatic rings. The normalized spacial score (nSPS) is 13.5. The molecule has 3 rings (SSSR count). The first kappa shape index (κ1) is 18.7. The van der Waals surface area contributed by atoms with Crippen molar-refractivity contribution in [1.29, 1.82) is 0 Å². The zero-order valence-corrected chi connectivity index (χ0v) is 15.5. The fourth-order valence-electron chi connectivity index (χ4n) is 2.93. The van der Waals surface area contributed by atoms with E-state index in [-0.39, 0.29) is 17.8 Å². The van der Waals surface area contributed by atoms with Crippen LogP contribution >= 0.6 is 0 Å². The molecule has 1 heterocycles. The van der Waals surface area contributed by atoms with Crippen molar-refractivity contribution >= 4 is 5.69 Å². The highest BCUT2D eigenvalue weighted by Gasteiger charge is 2.22. The van der Waals surface area contributed by atoms with E-state index in [4.69, 9.17) is 4.42 Å². The van der Waals surface area contributed by atoms with Gasteiger partial charge in [-0.1, -0.05) is 44.2 Å². The average molecular weight is 366 g/mol. The molecule has 0 saturated heterocycles. The summed E-state index contributed by atoms with van der Waals surface area (Å²) in [5, 5.41) is 22.5. The van der Waals surface area contributed by atoms with Crippen LogP contribution in [0.5, 0.6) is 0 Å². The molecule has 0 bridgehead atoms. The van der Waals surface area contributed by atoms with Crippen LogP contribution in [0.1, 0.15) is 44.3 Å². The summed E-state index contributed by atoms with van der Waals surface area (Å²) in [6.45, 7) is 6.30. The number of nitrogens with zero attached hydrogens (tertiary/aromatic N) is 3. The number of rotatable bonds is 7. The number of nitrogens with one attached hydrogen (secondary N) is 1. The van der Waals surface area contributed by atoms with Gasteiger partial charge in [-0.2, -0.15) is 0 Å². The molecule has 0 spiro atoms. The third-order valence-corrected chi connectivity index (χ3v) is 4.39. The first-order valence-corrected chi connectivity index (χ1v) is 8.85. The topological polar surface area (TPSA) is 94.1 Å². The van der Waals surface area contributed by atoms with Crippen LogP contribution < -0.4 is 5.32 Å². The molecule has 2 atom stereocenters. The lowest BCUT2D eigenvalue weighted by Crippen LogP contribution is -2.28. The van der Waals surface area contributed by atoms with E-state index in [0.29, 0.717) is 23.3 Å². The summed E-state index contributed by atoms with van der Waals surface area (Å²) in [6.07, 6.45) is 0. The number of nitro groups is 1. The van der Waals surface area contributed by atoms with Gasteiger partial charge >= 0.3 is 0 Å². The van der Waals surface area contributed by atoms with E-state index in [0.717, 1.165) is 0 Å². The number of hydrogen-bond acceptors (Lipinski definition) is 6. The van der Waals surface area contributed by atoms with Crippen molar-refractivity contribution in [2.45, 2.75) is 32.9 Å². The van der Waals surface area contributed by atoms with E-state index in [1.165, 1.54) is 17.7 Å². The van der Waals surface area contributed by atoms with E-state index in [2.05, 4.69) is 41.5 Å². The van der Waals surface area contributed by atoms with Gasteiger partial charge < -0.3 is 4.42 Å². The largest absolute Gasteiger partial charge is 0.419 e. The number of nitro benzene ring substituents is 1. The predicted octanol–water partition coefficient (Wildman–Crippen LogP) is 4.69. The van der Waals surface area contributed by atoms with Gasteiger partial charge in [-0.25, -0.2) is 0 Å². The zero-order chi connectivity index (χ0) is 19.4. The van der Waals surface area contributed by atoms with Crippen molar-refractivity contribution in [2.75, 3.05) is 0 Å². The Morgan fingerprint density at radius 3 is 2.26 bits per heavy atom. The van der Waals surface area contributed by atoms with E-state index < -0.39 is 4.92 Å². The Hall–Kier alpha value is -3.06. The molecular formula is C20H22N4O3. The zero-order valence-electron chi connectivity index (χ0n) is 15.5. The van der Waals surface area contributed by atoms with E-state index in [1.54, 1.807) is 12.1 Å². The summed E-state index contributed by atoms with van der Waals surface area (Å²) in [7, 11) is 0. The summed E-state index contributed by atoms with van der Waals surface area (Å²) >= 11 is 0. The second-order valence-corrected chi connectivity index (χ2v) is 6.77. The van der Waals surface area contributed by atoms with E-state index >= 15 is 0 Å². The molecule has 1 N–H and O–H groups in total. The van der Waals surface area contributed by atoms with Gasteiger partial charge in [0.15, 0.2) is 0 Å². The van der Waals surface area contributed by atoms with Crippen molar-refractivity contribution < 1.29 is 9.34 Å². The highest BCUT2D eigenvalue weighted by Crippen LogP contribution is 2.27. The molecule has 140 valence electrons. The first-order chi connectivity index (χ1) is 13.0. The monoisotopic (exact) mass is 366 g/mol. The molecule has 0 saturated carbocycles. The lowest BCUT2D eigenvalue weighted by Gasteiger charge is -2.25. The van der Waals surface area contributed by atoms with Crippen molar-refractivity contribution in [2.24, 2.45) is 5.92 Å². The lowest BCUT2D eigenvalue weighted by atomic mass is 9.95. The van der Waals surface area contributed by atoms with Crippen molar-refractivity contribution in [3.63, 3.8) is 0 Å². The van der Waals surface area contributed by atoms with Crippen LogP contribution in [-0.2, 0) is 0 Å². The maximum Gasteiger partial charge on any atom is 0.269 e. The van der Waals surface area contributed by atoms with Gasteiger partial charge in [-0.15, -0.1) is 10.2 Å². The Kier molecular flexibility index (Phi) is 5.61. The molecule has 0 fully saturated rings. The van der Waals surface area contributed by atoms with Crippen LogP contribution in [0, 0.1) is 16.0 Å². The van der Waals surface area contributed by atoms with Gasteiger partial charge in [0, 0.05) is 23.7 Å². The fraction of sp³-hybridized carbons (Fsp3) is 0.300. The Morgan fingerprint density at radius 2 is 1.67 bits per heavy atom. The fourth-order valence-corrected chi connectivity index (χ4v) is 2.93. The number of non-ortho nitro benzene ring substituents is 1. The van der Waals surface area contributed by atoms with Crippen LogP contribution in [0.2, 0.25) is 0 Å². The molecule has 1 aromatic heterocycles. The van der Waals surface area contributed by atoms with Crippen molar-refractivity contribution in [3.8, 4) is 11.5 Å². The van der Waals surface area contributed by atoms with E-state index in [1.807, 2.05) is 25.1 Å². The van der Waals surface area contributed by atoms with Crippen LogP contribution in [0.25, 0.3) is 11.5 Å². The second-order valence-electron chi connectivity index (χ2n) is 6.77. The van der Waals surface area contributed by atoms with Crippen LogP contribution in [0.4, 0.5) is 5.69 Å². The van der Waals surface area contributed by atoms with Gasteiger partial charge in [0.25, 0.3) is 5.69 Å². The third-order valence-electron chi connectivity index (χ3n) is 4.39. The Balaban J connectivity index is 1.76. The van der Waals surface area contributed by atoms with Gasteiger partial charge in [0.2, 0.25) is 11.8 Å². The lowest BCUT2D eigenvalue weighted by molar-refractivity contribution is -0.384. The van der Waals surface area contributed by atoms with Gasteiger partial charge in [0.1, 0.15) is 0 Å². The van der Waals surface area contributed by atoms with Gasteiger partial charge in [-0.3, -0.25) is 15.4 Å². The van der Waals surface area contributed by atoms with Gasteiger partial charge in [0.05, 0.1) is 11.0 Å². The van der Waals surface area contributed by atoms with Crippen molar-refractivity contribution in [3.05, 3.63) is 76.2 Å². The Labute approximate surface area is 157 Å². The third kappa shape index (κ3) is 4.38. The SMILES string of the molecule is CC(C)[C@@H](N[C@H](C)c1nnc(-c2ccc([N+](=O)[O-])cc2)o1)c1ccccc1. The molecule has 2 aromatic carbocycles. The number of benzene rings is 2. The molecule has 0 radical (unpaired) electrons. The van der Waals surface area contributed by atoms with Crippen molar-refractivity contribution in [1.82, 2.24) is 15.5 Å². The van der Waals surface area contributed by atoms with Gasteiger partial charge in [-0.05, 0) is 30.5 Å². The smallest absolute Gasteiger partial charge is 0.269 e. The predicted molar refractivity (Wildman–Crippen MR) is 102 cm³/mol. The molecule has 0 unspecified atom stereocenters. The summed E-state index contributed by atoms with van der Waals surface area (Å²) in [4.78, 5) is 10.3. The minimum Gasteiger partial charge on any atom is -0.419 e. The summed E-state index contributed by atoms with van der Waals surface area (Å²) in [6, 6.07) is 16.3. The minimum atomic E-state index is -0.440. The summed E-state index contributed by atoms with van der Waals surface area (Å²) < 4.78 is 5.79. The summed E-state index contributed by atoms with van der Waals surface area (Å²) in [5.41, 5.74) is 1.88. The van der Waals surface area contributed by atoms with Crippen LogP contribution in [-0.4, -0.2) is 15.1 Å². The Morgan fingerprint density at radius 1 is 1.00 bits per heavy atom. The quantitative estimate of drug-likeness (QED) is 0.481. The molecule has 0 amide bonds. The molecule has 3 aromatic rings. The number of aromatic nitrogens is 2.